The fraction of sp³-hybridized carbons (Fsp3) is 0.455. The van der Waals surface area contributed by atoms with Crippen LogP contribution in [0.3, 0.4) is 0 Å². The van der Waals surface area contributed by atoms with Crippen LogP contribution in [0.5, 0.6) is 0 Å². The van der Waals surface area contributed by atoms with Crippen LogP contribution in [0.1, 0.15) is 26.0 Å². The van der Waals surface area contributed by atoms with Crippen molar-refractivity contribution in [1.29, 1.82) is 0 Å². The molecule has 0 bridgehead atoms. The van der Waals surface area contributed by atoms with Gasteiger partial charge >= 0.3 is 0 Å². The van der Waals surface area contributed by atoms with Gasteiger partial charge in [-0.15, -0.1) is 0 Å². The van der Waals surface area contributed by atoms with Gasteiger partial charge in [0.1, 0.15) is 11.4 Å². The number of carbonyl (C=O) groups is 1. The topological polar surface area (TPSA) is 68.0 Å². The van der Waals surface area contributed by atoms with E-state index in [0.717, 1.165) is 6.20 Å². The molecule has 1 heterocycles. The quantitative estimate of drug-likeness (QED) is 0.783. The van der Waals surface area contributed by atoms with Gasteiger partial charge in [-0.05, 0) is 25.1 Å². The summed E-state index contributed by atoms with van der Waals surface area (Å²) in [5.41, 5.74) is 4.84. The largest absolute Gasteiger partial charge is 0.368 e. The van der Waals surface area contributed by atoms with E-state index in [0.29, 0.717) is 18.7 Å². The fourth-order valence-corrected chi connectivity index (χ4v) is 1.71. The van der Waals surface area contributed by atoms with Crippen molar-refractivity contribution in [2.75, 3.05) is 6.54 Å². The van der Waals surface area contributed by atoms with Gasteiger partial charge in [0.2, 0.25) is 5.91 Å². The Labute approximate surface area is 94.1 Å². The van der Waals surface area contributed by atoms with Crippen LogP contribution in [0.25, 0.3) is 0 Å². The summed E-state index contributed by atoms with van der Waals surface area (Å²) in [6.45, 7) is 4.28. The number of pyridine rings is 1. The predicted octanol–water partition coefficient (Wildman–Crippen LogP) is 0.921. The van der Waals surface area contributed by atoms with E-state index in [4.69, 9.17) is 5.73 Å². The predicted molar refractivity (Wildman–Crippen MR) is 59.0 cm³/mol. The molecule has 3 N–H and O–H groups in total. The van der Waals surface area contributed by atoms with E-state index in [1.165, 1.54) is 12.1 Å². The Hall–Kier alpha value is -1.49. The second kappa shape index (κ2) is 5.03. The number of hydrogen-bond acceptors (Lipinski definition) is 3. The third-order valence-electron chi connectivity index (χ3n) is 2.59. The van der Waals surface area contributed by atoms with Crippen molar-refractivity contribution in [1.82, 2.24) is 10.3 Å². The first-order valence-electron chi connectivity index (χ1n) is 5.23. The van der Waals surface area contributed by atoms with Gasteiger partial charge in [-0.1, -0.05) is 13.8 Å². The van der Waals surface area contributed by atoms with Crippen LogP contribution in [0.2, 0.25) is 0 Å². The normalized spacial score (nSPS) is 14.4. The number of nitrogens with one attached hydrogen (secondary N) is 1. The van der Waals surface area contributed by atoms with Crippen LogP contribution in [0, 0.1) is 5.82 Å². The van der Waals surface area contributed by atoms with Gasteiger partial charge in [0, 0.05) is 0 Å². The third-order valence-corrected chi connectivity index (χ3v) is 2.59. The van der Waals surface area contributed by atoms with Crippen LogP contribution < -0.4 is 11.1 Å². The lowest BCUT2D eigenvalue weighted by Crippen LogP contribution is -2.52. The van der Waals surface area contributed by atoms with E-state index in [2.05, 4.69) is 10.3 Å². The summed E-state index contributed by atoms with van der Waals surface area (Å²) < 4.78 is 12.8. The van der Waals surface area contributed by atoms with Gasteiger partial charge in [-0.25, -0.2) is 4.39 Å². The molecule has 0 aliphatic rings. The van der Waals surface area contributed by atoms with Crippen LogP contribution in [0.15, 0.2) is 18.3 Å². The Morgan fingerprint density at radius 2 is 2.25 bits per heavy atom. The zero-order valence-electron chi connectivity index (χ0n) is 9.46. The third kappa shape index (κ3) is 2.19. The van der Waals surface area contributed by atoms with Crippen LogP contribution in [0.4, 0.5) is 4.39 Å². The number of aromatic nitrogens is 1. The molecule has 0 radical (unpaired) electrons. The summed E-state index contributed by atoms with van der Waals surface area (Å²) in [6, 6.07) is 2.75. The van der Waals surface area contributed by atoms with Crippen molar-refractivity contribution in [3.8, 4) is 0 Å². The Bertz CT molecular complexity index is 366. The minimum Gasteiger partial charge on any atom is -0.368 e. The first-order valence-corrected chi connectivity index (χ1v) is 5.23. The van der Waals surface area contributed by atoms with Crippen molar-refractivity contribution in [2.45, 2.75) is 25.8 Å². The van der Waals surface area contributed by atoms with Crippen LogP contribution in [-0.2, 0) is 10.3 Å². The molecule has 16 heavy (non-hydrogen) atoms. The Kier molecular flexibility index (Phi) is 3.95. The number of likely N-dealkylation sites (N-methyl/N-ethyl adjacent to an activating group) is 1. The van der Waals surface area contributed by atoms with Crippen LogP contribution >= 0.6 is 0 Å². The number of nitrogens with zero attached hydrogens (tertiary/aromatic N) is 1. The average Bonchev–Trinajstić information content (AvgIpc) is 2.27. The molecular formula is C11H16FN3O. The summed E-state index contributed by atoms with van der Waals surface area (Å²) >= 11 is 0. The second-order valence-electron chi connectivity index (χ2n) is 3.52. The molecule has 0 saturated heterocycles. The van der Waals surface area contributed by atoms with E-state index in [9.17, 15) is 9.18 Å². The van der Waals surface area contributed by atoms with Crippen LogP contribution in [-0.4, -0.2) is 17.4 Å². The average molecular weight is 225 g/mol. The lowest BCUT2D eigenvalue weighted by Gasteiger charge is -2.29. The number of primary amides is 1. The maximum atomic E-state index is 12.8. The fourth-order valence-electron chi connectivity index (χ4n) is 1.71. The molecule has 5 heteroatoms. The molecule has 0 aliphatic heterocycles. The smallest absolute Gasteiger partial charge is 0.243 e. The Balaban J connectivity index is 3.18. The van der Waals surface area contributed by atoms with E-state index in [1.807, 2.05) is 13.8 Å². The van der Waals surface area contributed by atoms with Crippen molar-refractivity contribution in [2.24, 2.45) is 5.73 Å². The molecule has 0 fully saturated rings. The number of amides is 1. The highest BCUT2D eigenvalue weighted by Gasteiger charge is 2.37. The molecule has 1 aromatic heterocycles. The number of nitrogens with two attached hydrogens (primary N) is 1. The standard InChI is InChI=1S/C11H16FN3O/c1-3-11(10(13)16,15-4-2)9-6-5-8(12)7-14-9/h5-7,15H,3-4H2,1-2H3,(H2,13,16). The van der Waals surface area contributed by atoms with Gasteiger partial charge < -0.3 is 5.73 Å². The van der Waals surface area contributed by atoms with Crippen molar-refractivity contribution >= 4 is 5.91 Å². The van der Waals surface area contributed by atoms with E-state index in [1.54, 1.807) is 0 Å². The molecule has 4 nitrogen and oxygen atoms in total. The van der Waals surface area contributed by atoms with E-state index in [-0.39, 0.29) is 0 Å². The van der Waals surface area contributed by atoms with Gasteiger partial charge in [0.15, 0.2) is 0 Å². The molecule has 0 spiro atoms. The zero-order valence-corrected chi connectivity index (χ0v) is 9.46. The molecule has 0 aromatic carbocycles. The number of hydrogen-bond donors (Lipinski definition) is 2. The summed E-state index contributed by atoms with van der Waals surface area (Å²) in [5, 5.41) is 3.02. The highest BCUT2D eigenvalue weighted by Crippen LogP contribution is 2.22. The maximum Gasteiger partial charge on any atom is 0.243 e. The zero-order chi connectivity index (χ0) is 12.2. The minimum atomic E-state index is -1.01. The monoisotopic (exact) mass is 225 g/mol. The first kappa shape index (κ1) is 12.6. The van der Waals surface area contributed by atoms with Gasteiger partial charge in [0.05, 0.1) is 11.9 Å². The molecule has 0 aliphatic carbocycles. The summed E-state index contributed by atoms with van der Waals surface area (Å²) in [7, 11) is 0. The second-order valence-corrected chi connectivity index (χ2v) is 3.52. The minimum absolute atomic E-state index is 0.435. The lowest BCUT2D eigenvalue weighted by atomic mass is 9.90. The molecule has 0 saturated carbocycles. The molecule has 1 atom stereocenters. The first-order chi connectivity index (χ1) is 7.56. The highest BCUT2D eigenvalue weighted by atomic mass is 19.1. The number of halogens is 1. The van der Waals surface area contributed by atoms with Gasteiger partial charge in [0.25, 0.3) is 0 Å². The number of rotatable bonds is 5. The maximum absolute atomic E-state index is 12.8. The molecule has 1 aromatic rings. The van der Waals surface area contributed by atoms with Crippen molar-refractivity contribution in [3.63, 3.8) is 0 Å². The molecule has 88 valence electrons. The van der Waals surface area contributed by atoms with Gasteiger partial charge in [-0.2, -0.15) is 0 Å². The lowest BCUT2D eigenvalue weighted by molar-refractivity contribution is -0.125. The van der Waals surface area contributed by atoms with Crippen molar-refractivity contribution < 1.29 is 9.18 Å². The molecular weight excluding hydrogens is 209 g/mol. The molecule has 1 unspecified atom stereocenters. The number of carbonyl (C=O) groups excluding carboxylic acids is 1. The molecule has 1 amide bonds. The highest BCUT2D eigenvalue weighted by molar-refractivity contribution is 5.85. The van der Waals surface area contributed by atoms with Crippen molar-refractivity contribution in [3.05, 3.63) is 29.8 Å². The van der Waals surface area contributed by atoms with E-state index >= 15 is 0 Å². The summed E-state index contributed by atoms with van der Waals surface area (Å²) in [4.78, 5) is 15.5. The summed E-state index contributed by atoms with van der Waals surface area (Å²) in [6.07, 6.45) is 1.55. The molecule has 1 rings (SSSR count). The van der Waals surface area contributed by atoms with E-state index < -0.39 is 17.3 Å². The Morgan fingerprint density at radius 1 is 1.56 bits per heavy atom. The Morgan fingerprint density at radius 3 is 2.62 bits per heavy atom. The SMILES string of the molecule is CCNC(CC)(C(N)=O)c1ccc(F)cn1. The summed E-state index contributed by atoms with van der Waals surface area (Å²) in [5.74, 6) is -0.939. The van der Waals surface area contributed by atoms with Gasteiger partial charge in [-0.3, -0.25) is 15.1 Å².